The summed E-state index contributed by atoms with van der Waals surface area (Å²) in [5.41, 5.74) is -0.936. The van der Waals surface area contributed by atoms with Gasteiger partial charge in [-0.15, -0.1) is 0 Å². The minimum Gasteiger partial charge on any atom is -0.375 e. The predicted molar refractivity (Wildman–Crippen MR) is 41.9 cm³/mol. The monoisotopic (exact) mass is 206 g/mol. The quantitative estimate of drug-likeness (QED) is 0.457. The molecule has 4 N–H and O–H groups in total. The highest BCUT2D eigenvalue weighted by Gasteiger charge is 2.29. The molecule has 1 unspecified atom stereocenters. The van der Waals surface area contributed by atoms with E-state index >= 15 is 0 Å². The first-order valence-electron chi connectivity index (χ1n) is 3.19. The van der Waals surface area contributed by atoms with Gasteiger partial charge in [-0.2, -0.15) is 0 Å². The highest BCUT2D eigenvalue weighted by atomic mass is 31.2. The van der Waals surface area contributed by atoms with Gasteiger partial charge < -0.3 is 19.9 Å². The standard InChI is InChI=1S/C5H7N2O5P/c8-4-1-3(6-2-7-4)5(9)13(10,11)12/h1-2,5,9H,(H,6,7,8)(H2,10,11,12). The third-order valence-corrected chi connectivity index (χ3v) is 2.18. The summed E-state index contributed by atoms with van der Waals surface area (Å²) in [5, 5.41) is 9.00. The van der Waals surface area contributed by atoms with E-state index in [0.29, 0.717) is 0 Å². The first-order chi connectivity index (χ1) is 5.91. The number of hydrogen-bond donors (Lipinski definition) is 4. The van der Waals surface area contributed by atoms with E-state index < -0.39 is 19.0 Å². The van der Waals surface area contributed by atoms with Gasteiger partial charge in [-0.1, -0.05) is 0 Å². The molecule has 8 heteroatoms. The minimum absolute atomic E-state index is 0.350. The Morgan fingerprint density at radius 2 is 2.15 bits per heavy atom. The Labute approximate surface area is 72.2 Å². The molecule has 0 amide bonds. The molecule has 0 aliphatic carbocycles. The Kier molecular flexibility index (Phi) is 2.63. The van der Waals surface area contributed by atoms with Crippen LogP contribution in [0.3, 0.4) is 0 Å². The molecule has 1 atom stereocenters. The first-order valence-corrected chi connectivity index (χ1v) is 4.87. The SMILES string of the molecule is O=c1cc(C(O)P(=O)(O)O)nc[nH]1. The van der Waals surface area contributed by atoms with Gasteiger partial charge >= 0.3 is 7.60 Å². The molecule has 7 nitrogen and oxygen atoms in total. The fraction of sp³-hybridized carbons (Fsp3) is 0.200. The Hall–Kier alpha value is -1.01. The second-order valence-corrected chi connectivity index (χ2v) is 3.97. The maximum Gasteiger partial charge on any atom is 0.359 e. The number of aliphatic hydroxyl groups is 1. The first kappa shape index (κ1) is 10.1. The number of nitrogens with one attached hydrogen (secondary N) is 1. The number of nitrogens with zero attached hydrogens (tertiary/aromatic N) is 1. The zero-order valence-corrected chi connectivity index (χ0v) is 7.18. The Morgan fingerprint density at radius 1 is 1.54 bits per heavy atom. The topological polar surface area (TPSA) is 124 Å². The largest absolute Gasteiger partial charge is 0.375 e. The molecular weight excluding hydrogens is 199 g/mol. The van der Waals surface area contributed by atoms with E-state index in [2.05, 4.69) is 9.97 Å². The zero-order chi connectivity index (χ0) is 10.1. The van der Waals surface area contributed by atoms with Gasteiger partial charge in [0.05, 0.1) is 12.0 Å². The van der Waals surface area contributed by atoms with Crippen molar-refractivity contribution in [3.63, 3.8) is 0 Å². The summed E-state index contributed by atoms with van der Waals surface area (Å²) < 4.78 is 10.5. The van der Waals surface area contributed by atoms with E-state index in [0.717, 1.165) is 12.4 Å². The van der Waals surface area contributed by atoms with Crippen LogP contribution in [0.25, 0.3) is 0 Å². The van der Waals surface area contributed by atoms with Gasteiger partial charge in [-0.05, 0) is 0 Å². The molecule has 0 saturated heterocycles. The minimum atomic E-state index is -4.66. The van der Waals surface area contributed by atoms with Crippen molar-refractivity contribution in [1.29, 1.82) is 0 Å². The molecule has 0 fully saturated rings. The van der Waals surface area contributed by atoms with Crippen LogP contribution in [0.15, 0.2) is 17.2 Å². The van der Waals surface area contributed by atoms with Crippen molar-refractivity contribution in [2.24, 2.45) is 0 Å². The summed E-state index contributed by atoms with van der Waals surface area (Å²) in [6.45, 7) is 0. The summed E-state index contributed by atoms with van der Waals surface area (Å²) in [4.78, 5) is 33.3. The number of hydrogen-bond acceptors (Lipinski definition) is 4. The van der Waals surface area contributed by atoms with Gasteiger partial charge in [0.15, 0.2) is 5.85 Å². The number of H-pyrrole nitrogens is 1. The third kappa shape index (κ3) is 2.46. The molecule has 0 radical (unpaired) electrons. The number of aromatic nitrogens is 2. The molecule has 0 aromatic carbocycles. The third-order valence-electron chi connectivity index (χ3n) is 1.28. The maximum atomic E-state index is 10.7. The molecule has 13 heavy (non-hydrogen) atoms. The summed E-state index contributed by atoms with van der Waals surface area (Å²) in [6.07, 6.45) is 0.955. The van der Waals surface area contributed by atoms with Crippen molar-refractivity contribution >= 4 is 7.60 Å². The average molecular weight is 206 g/mol. The summed E-state index contributed by atoms with van der Waals surface area (Å²) in [7, 11) is -4.66. The normalized spacial score (nSPS) is 14.1. The van der Waals surface area contributed by atoms with Crippen molar-refractivity contribution in [3.8, 4) is 0 Å². The van der Waals surface area contributed by atoms with E-state index in [4.69, 9.17) is 14.9 Å². The smallest absolute Gasteiger partial charge is 0.359 e. The van der Waals surface area contributed by atoms with Gasteiger partial charge in [-0.3, -0.25) is 9.36 Å². The molecular formula is C5H7N2O5P. The highest BCUT2D eigenvalue weighted by molar-refractivity contribution is 7.51. The molecule has 0 aliphatic rings. The molecule has 0 spiro atoms. The lowest BCUT2D eigenvalue weighted by Crippen LogP contribution is -2.10. The van der Waals surface area contributed by atoms with E-state index in [9.17, 15) is 9.36 Å². The van der Waals surface area contributed by atoms with Crippen LogP contribution in [-0.2, 0) is 4.57 Å². The molecule has 1 rings (SSSR count). The van der Waals surface area contributed by atoms with Crippen molar-refractivity contribution in [2.75, 3.05) is 0 Å². The lowest BCUT2D eigenvalue weighted by molar-refractivity contribution is 0.201. The number of aromatic amines is 1. The van der Waals surface area contributed by atoms with Crippen LogP contribution in [0.5, 0.6) is 0 Å². The van der Waals surface area contributed by atoms with Crippen LogP contribution in [-0.4, -0.2) is 24.9 Å². The van der Waals surface area contributed by atoms with Crippen molar-refractivity contribution in [3.05, 3.63) is 28.4 Å². The van der Waals surface area contributed by atoms with E-state index in [1.54, 1.807) is 0 Å². The van der Waals surface area contributed by atoms with Gasteiger partial charge in [-0.25, -0.2) is 4.98 Å². The zero-order valence-electron chi connectivity index (χ0n) is 6.28. The summed E-state index contributed by atoms with van der Waals surface area (Å²) >= 11 is 0. The Morgan fingerprint density at radius 3 is 2.62 bits per heavy atom. The Balaban J connectivity index is 3.10. The van der Waals surface area contributed by atoms with Crippen LogP contribution < -0.4 is 5.56 Å². The van der Waals surface area contributed by atoms with Gasteiger partial charge in [0, 0.05) is 6.07 Å². The lowest BCUT2D eigenvalue weighted by Gasteiger charge is -2.10. The second kappa shape index (κ2) is 3.39. The maximum absolute atomic E-state index is 10.7. The van der Waals surface area contributed by atoms with Crippen LogP contribution >= 0.6 is 7.60 Å². The van der Waals surface area contributed by atoms with Gasteiger partial charge in [0.2, 0.25) is 0 Å². The van der Waals surface area contributed by atoms with E-state index in [1.807, 2.05) is 0 Å². The lowest BCUT2D eigenvalue weighted by atomic mass is 10.4. The molecule has 72 valence electrons. The molecule has 1 aromatic rings. The number of aliphatic hydroxyl groups excluding tert-OH is 1. The molecule has 0 saturated carbocycles. The van der Waals surface area contributed by atoms with Gasteiger partial charge in [0.25, 0.3) is 5.56 Å². The molecule has 0 aliphatic heterocycles. The van der Waals surface area contributed by atoms with E-state index in [1.165, 1.54) is 0 Å². The average Bonchev–Trinajstić information content (AvgIpc) is 2.01. The Bertz CT molecular complexity index is 396. The fourth-order valence-electron chi connectivity index (χ4n) is 0.697. The van der Waals surface area contributed by atoms with E-state index in [-0.39, 0.29) is 5.69 Å². The predicted octanol–water partition coefficient (Wildman–Crippen LogP) is -1.06. The van der Waals surface area contributed by atoms with Crippen LogP contribution in [0.4, 0.5) is 0 Å². The second-order valence-electron chi connectivity index (χ2n) is 2.30. The fourth-order valence-corrected chi connectivity index (χ4v) is 1.18. The van der Waals surface area contributed by atoms with Crippen molar-refractivity contribution in [1.82, 2.24) is 9.97 Å². The molecule has 0 bridgehead atoms. The number of rotatable bonds is 2. The highest BCUT2D eigenvalue weighted by Crippen LogP contribution is 2.48. The van der Waals surface area contributed by atoms with Crippen LogP contribution in [0.2, 0.25) is 0 Å². The van der Waals surface area contributed by atoms with Crippen LogP contribution in [0.1, 0.15) is 11.5 Å². The van der Waals surface area contributed by atoms with Crippen molar-refractivity contribution < 1.29 is 19.5 Å². The summed E-state index contributed by atoms with van der Waals surface area (Å²) in [5.74, 6) is -2.05. The van der Waals surface area contributed by atoms with Crippen LogP contribution in [0, 0.1) is 0 Å². The molecule has 1 aromatic heterocycles. The summed E-state index contributed by atoms with van der Waals surface area (Å²) in [6, 6.07) is 0.823. The van der Waals surface area contributed by atoms with Crippen molar-refractivity contribution in [2.45, 2.75) is 5.85 Å². The molecule has 1 heterocycles. The van der Waals surface area contributed by atoms with Gasteiger partial charge in [0.1, 0.15) is 0 Å².